The maximum Gasteiger partial charge on any atom is 0.224 e. The van der Waals surface area contributed by atoms with Crippen molar-refractivity contribution in [1.29, 1.82) is 0 Å². The smallest absolute Gasteiger partial charge is 0.224 e. The molecule has 4 heteroatoms. The SMILES string of the molecule is CN(C)CCN(Cc1ccccc1)C(=O)CCCl. The van der Waals surface area contributed by atoms with Gasteiger partial charge in [-0.15, -0.1) is 11.6 Å². The molecule has 0 aliphatic carbocycles. The van der Waals surface area contributed by atoms with Gasteiger partial charge in [0.25, 0.3) is 0 Å². The molecule has 1 aromatic rings. The second kappa shape index (κ2) is 8.11. The van der Waals surface area contributed by atoms with Crippen LogP contribution in [0.4, 0.5) is 0 Å². The first kappa shape index (κ1) is 15.0. The molecule has 0 aliphatic heterocycles. The average molecular weight is 269 g/mol. The number of amides is 1. The quantitative estimate of drug-likeness (QED) is 0.708. The van der Waals surface area contributed by atoms with E-state index >= 15 is 0 Å². The summed E-state index contributed by atoms with van der Waals surface area (Å²) < 4.78 is 0. The summed E-state index contributed by atoms with van der Waals surface area (Å²) in [5.74, 6) is 0.502. The van der Waals surface area contributed by atoms with E-state index in [4.69, 9.17) is 11.6 Å². The number of benzene rings is 1. The summed E-state index contributed by atoms with van der Waals surface area (Å²) in [7, 11) is 4.01. The molecule has 0 aliphatic rings. The van der Waals surface area contributed by atoms with Crippen molar-refractivity contribution in [3.05, 3.63) is 35.9 Å². The Morgan fingerprint density at radius 3 is 2.39 bits per heavy atom. The molecule has 0 atom stereocenters. The molecule has 0 bridgehead atoms. The van der Waals surface area contributed by atoms with Gasteiger partial charge in [-0.1, -0.05) is 30.3 Å². The zero-order valence-electron chi connectivity index (χ0n) is 11.1. The van der Waals surface area contributed by atoms with Gasteiger partial charge in [-0.2, -0.15) is 0 Å². The summed E-state index contributed by atoms with van der Waals surface area (Å²) in [6.45, 7) is 2.25. The van der Waals surface area contributed by atoms with Gasteiger partial charge in [-0.25, -0.2) is 0 Å². The molecule has 1 amide bonds. The molecule has 3 nitrogen and oxygen atoms in total. The van der Waals surface area contributed by atoms with Gasteiger partial charge < -0.3 is 9.80 Å². The van der Waals surface area contributed by atoms with Crippen LogP contribution in [-0.4, -0.2) is 48.8 Å². The Bertz CT molecular complexity index is 354. The maximum atomic E-state index is 12.0. The van der Waals surface area contributed by atoms with Crippen molar-refractivity contribution in [3.8, 4) is 0 Å². The molecule has 0 heterocycles. The summed E-state index contributed by atoms with van der Waals surface area (Å²) >= 11 is 5.65. The van der Waals surface area contributed by atoms with Crippen molar-refractivity contribution in [2.45, 2.75) is 13.0 Å². The molecular weight excluding hydrogens is 248 g/mol. The fourth-order valence-corrected chi connectivity index (χ4v) is 1.82. The summed E-state index contributed by atoms with van der Waals surface area (Å²) in [5, 5.41) is 0. The lowest BCUT2D eigenvalue weighted by atomic mass is 10.2. The molecule has 0 unspecified atom stereocenters. The van der Waals surface area contributed by atoms with Crippen LogP contribution in [0.5, 0.6) is 0 Å². The Labute approximate surface area is 114 Å². The van der Waals surface area contributed by atoms with Crippen LogP contribution in [0.1, 0.15) is 12.0 Å². The van der Waals surface area contributed by atoms with Crippen molar-refractivity contribution in [2.75, 3.05) is 33.1 Å². The van der Waals surface area contributed by atoms with Gasteiger partial charge in [0.15, 0.2) is 0 Å². The van der Waals surface area contributed by atoms with Crippen LogP contribution in [0.25, 0.3) is 0 Å². The van der Waals surface area contributed by atoms with Gasteiger partial charge in [0.2, 0.25) is 5.91 Å². The van der Waals surface area contributed by atoms with Crippen molar-refractivity contribution < 1.29 is 4.79 Å². The first-order valence-electron chi connectivity index (χ1n) is 6.16. The van der Waals surface area contributed by atoms with Crippen LogP contribution in [0.2, 0.25) is 0 Å². The number of hydrogen-bond donors (Lipinski definition) is 0. The van der Waals surface area contributed by atoms with Gasteiger partial charge in [0, 0.05) is 31.9 Å². The zero-order valence-corrected chi connectivity index (χ0v) is 11.9. The molecular formula is C14H21ClN2O. The summed E-state index contributed by atoms with van der Waals surface area (Å²) in [5.41, 5.74) is 1.15. The highest BCUT2D eigenvalue weighted by molar-refractivity contribution is 6.18. The van der Waals surface area contributed by atoms with E-state index in [-0.39, 0.29) is 5.91 Å². The van der Waals surface area contributed by atoms with Crippen molar-refractivity contribution in [2.24, 2.45) is 0 Å². The third kappa shape index (κ3) is 5.52. The minimum atomic E-state index is 0.121. The maximum absolute atomic E-state index is 12.0. The van der Waals surface area contributed by atoms with Gasteiger partial charge >= 0.3 is 0 Å². The van der Waals surface area contributed by atoms with Gasteiger partial charge in [0.1, 0.15) is 0 Å². The molecule has 0 N–H and O–H groups in total. The fourth-order valence-electron chi connectivity index (χ4n) is 1.66. The minimum Gasteiger partial charge on any atom is -0.337 e. The number of carbonyl (C=O) groups excluding carboxylic acids is 1. The molecule has 0 aromatic heterocycles. The zero-order chi connectivity index (χ0) is 13.4. The number of nitrogens with zero attached hydrogens (tertiary/aromatic N) is 2. The van der Waals surface area contributed by atoms with E-state index in [0.717, 1.165) is 18.7 Å². The van der Waals surface area contributed by atoms with Crippen LogP contribution in [0.3, 0.4) is 0 Å². The van der Waals surface area contributed by atoms with Crippen LogP contribution in [0, 0.1) is 0 Å². The molecule has 0 radical (unpaired) electrons. The molecule has 18 heavy (non-hydrogen) atoms. The topological polar surface area (TPSA) is 23.6 Å². The van der Waals surface area contributed by atoms with Crippen molar-refractivity contribution >= 4 is 17.5 Å². The molecule has 0 spiro atoms. The van der Waals surface area contributed by atoms with Crippen molar-refractivity contribution in [3.63, 3.8) is 0 Å². The van der Waals surface area contributed by atoms with Gasteiger partial charge in [-0.05, 0) is 19.7 Å². The van der Waals surface area contributed by atoms with Crippen LogP contribution < -0.4 is 0 Å². The number of halogens is 1. The molecule has 1 rings (SSSR count). The van der Waals surface area contributed by atoms with Gasteiger partial charge in [-0.3, -0.25) is 4.79 Å². The summed E-state index contributed by atoms with van der Waals surface area (Å²) in [6, 6.07) is 10.0. The Balaban J connectivity index is 2.62. The lowest BCUT2D eigenvalue weighted by Crippen LogP contribution is -2.36. The van der Waals surface area contributed by atoms with E-state index in [1.165, 1.54) is 0 Å². The van der Waals surface area contributed by atoms with E-state index in [0.29, 0.717) is 18.8 Å². The first-order valence-corrected chi connectivity index (χ1v) is 6.69. The fraction of sp³-hybridized carbons (Fsp3) is 0.500. The Morgan fingerprint density at radius 1 is 1.17 bits per heavy atom. The first-order chi connectivity index (χ1) is 8.63. The van der Waals surface area contributed by atoms with Crippen LogP contribution in [0.15, 0.2) is 30.3 Å². The second-order valence-corrected chi connectivity index (χ2v) is 4.92. The molecule has 100 valence electrons. The Hall–Kier alpha value is -1.06. The molecule has 0 saturated carbocycles. The largest absolute Gasteiger partial charge is 0.337 e. The number of alkyl halides is 1. The molecule has 1 aromatic carbocycles. The Morgan fingerprint density at radius 2 is 1.83 bits per heavy atom. The number of likely N-dealkylation sites (N-methyl/N-ethyl adjacent to an activating group) is 1. The minimum absolute atomic E-state index is 0.121. The predicted octanol–water partition coefficient (Wildman–Crippen LogP) is 2.21. The lowest BCUT2D eigenvalue weighted by Gasteiger charge is -2.24. The molecule has 0 saturated heterocycles. The van der Waals surface area contributed by atoms with Gasteiger partial charge in [0.05, 0.1) is 0 Å². The number of hydrogen-bond acceptors (Lipinski definition) is 2. The summed E-state index contributed by atoms with van der Waals surface area (Å²) in [4.78, 5) is 15.9. The lowest BCUT2D eigenvalue weighted by molar-refractivity contribution is -0.131. The standard InChI is InChI=1S/C14H21ClN2O/c1-16(2)10-11-17(14(18)8-9-15)12-13-6-4-3-5-7-13/h3-7H,8-12H2,1-2H3. The van der Waals surface area contributed by atoms with E-state index in [9.17, 15) is 4.79 Å². The van der Waals surface area contributed by atoms with Crippen molar-refractivity contribution in [1.82, 2.24) is 9.80 Å². The summed E-state index contributed by atoms with van der Waals surface area (Å²) in [6.07, 6.45) is 0.405. The van der Waals surface area contributed by atoms with E-state index in [2.05, 4.69) is 4.90 Å². The van der Waals surface area contributed by atoms with E-state index < -0.39 is 0 Å². The van der Waals surface area contributed by atoms with Crippen LogP contribution >= 0.6 is 11.6 Å². The molecule has 0 fully saturated rings. The Kier molecular flexibility index (Phi) is 6.76. The second-order valence-electron chi connectivity index (χ2n) is 4.54. The van der Waals surface area contributed by atoms with Crippen LogP contribution in [-0.2, 0) is 11.3 Å². The van der Waals surface area contributed by atoms with E-state index in [1.807, 2.05) is 49.3 Å². The number of carbonyl (C=O) groups is 1. The number of rotatable bonds is 7. The third-order valence-corrected chi connectivity index (χ3v) is 2.88. The highest BCUT2D eigenvalue weighted by atomic mass is 35.5. The predicted molar refractivity (Wildman–Crippen MR) is 75.8 cm³/mol. The normalized spacial score (nSPS) is 10.7. The third-order valence-electron chi connectivity index (χ3n) is 2.69. The van der Waals surface area contributed by atoms with E-state index in [1.54, 1.807) is 0 Å². The highest BCUT2D eigenvalue weighted by Gasteiger charge is 2.13. The average Bonchev–Trinajstić information content (AvgIpc) is 2.35. The monoisotopic (exact) mass is 268 g/mol. The highest BCUT2D eigenvalue weighted by Crippen LogP contribution is 2.06.